The zero-order valence-electron chi connectivity index (χ0n) is 17.7. The lowest BCUT2D eigenvalue weighted by molar-refractivity contribution is 0.383. The third kappa shape index (κ3) is 4.00. The Kier molecular flexibility index (Phi) is 5.42. The van der Waals surface area contributed by atoms with Gasteiger partial charge in [0.25, 0.3) is 0 Å². The highest BCUT2D eigenvalue weighted by atomic mass is 32.2. The van der Waals surface area contributed by atoms with Crippen LogP contribution in [0.1, 0.15) is 26.5 Å². The van der Waals surface area contributed by atoms with Gasteiger partial charge in [0, 0.05) is 37.3 Å². The van der Waals surface area contributed by atoms with Gasteiger partial charge in [-0.3, -0.25) is 0 Å². The van der Waals surface area contributed by atoms with Crippen LogP contribution < -0.4 is 4.90 Å². The number of hydrogen-bond donors (Lipinski definition) is 0. The van der Waals surface area contributed by atoms with Crippen molar-refractivity contribution in [1.29, 1.82) is 0 Å². The maximum absolute atomic E-state index is 13.6. The molecule has 0 radical (unpaired) electrons. The molecule has 0 atom stereocenters. The van der Waals surface area contributed by atoms with Gasteiger partial charge < -0.3 is 4.90 Å². The third-order valence-electron chi connectivity index (χ3n) is 5.39. The van der Waals surface area contributed by atoms with Gasteiger partial charge in [0.05, 0.1) is 17.6 Å². The van der Waals surface area contributed by atoms with Crippen LogP contribution in [0, 0.1) is 0 Å². The third-order valence-corrected chi connectivity index (χ3v) is 7.29. The van der Waals surface area contributed by atoms with E-state index in [0.29, 0.717) is 36.8 Å². The van der Waals surface area contributed by atoms with E-state index in [9.17, 15) is 8.42 Å². The maximum atomic E-state index is 13.6. The van der Waals surface area contributed by atoms with Gasteiger partial charge in [0.15, 0.2) is 0 Å². The van der Waals surface area contributed by atoms with Gasteiger partial charge in [-0.05, 0) is 24.3 Å². The number of aromatic nitrogens is 2. The summed E-state index contributed by atoms with van der Waals surface area (Å²) in [6, 6.07) is 19.7. The highest BCUT2D eigenvalue weighted by molar-refractivity contribution is 7.89. The minimum Gasteiger partial charge on any atom is -0.369 e. The summed E-state index contributed by atoms with van der Waals surface area (Å²) in [5.74, 6) is 0. The van der Waals surface area contributed by atoms with Crippen molar-refractivity contribution in [3.8, 4) is 5.69 Å². The topological polar surface area (TPSA) is 58.4 Å². The SMILES string of the molecule is CC(C)(C)c1nn(-c2ccccc2)cc1S(=O)(=O)N1CCN(c2ccccc2)CC1. The van der Waals surface area contributed by atoms with Crippen LogP contribution in [0.3, 0.4) is 0 Å². The largest absolute Gasteiger partial charge is 0.369 e. The first-order valence-corrected chi connectivity index (χ1v) is 11.7. The van der Waals surface area contributed by atoms with Crippen molar-refractivity contribution in [2.45, 2.75) is 31.1 Å². The number of para-hydroxylation sites is 2. The minimum absolute atomic E-state index is 0.298. The molecule has 2 heterocycles. The summed E-state index contributed by atoms with van der Waals surface area (Å²) in [5, 5.41) is 4.68. The number of rotatable bonds is 4. The van der Waals surface area contributed by atoms with E-state index in [1.807, 2.05) is 69.3 Å². The number of sulfonamides is 1. The molecule has 0 spiro atoms. The molecule has 0 amide bonds. The van der Waals surface area contributed by atoms with Crippen LogP contribution in [0.5, 0.6) is 0 Å². The van der Waals surface area contributed by atoms with Crippen LogP contribution in [0.2, 0.25) is 0 Å². The van der Waals surface area contributed by atoms with E-state index in [-0.39, 0.29) is 0 Å². The molecule has 4 rings (SSSR count). The maximum Gasteiger partial charge on any atom is 0.246 e. The van der Waals surface area contributed by atoms with Crippen molar-refractivity contribution in [3.63, 3.8) is 0 Å². The van der Waals surface area contributed by atoms with Crippen molar-refractivity contribution in [2.75, 3.05) is 31.1 Å². The second-order valence-corrected chi connectivity index (χ2v) is 10.5. The average Bonchev–Trinajstić information content (AvgIpc) is 3.22. The Labute approximate surface area is 178 Å². The molecule has 0 unspecified atom stereocenters. The number of hydrogen-bond acceptors (Lipinski definition) is 4. The minimum atomic E-state index is -3.65. The first-order valence-electron chi connectivity index (χ1n) is 10.2. The average molecular weight is 425 g/mol. The molecule has 1 saturated heterocycles. The van der Waals surface area contributed by atoms with Crippen LogP contribution in [-0.2, 0) is 15.4 Å². The summed E-state index contributed by atoms with van der Waals surface area (Å²) in [7, 11) is -3.65. The quantitative estimate of drug-likeness (QED) is 0.641. The molecule has 0 bridgehead atoms. The molecule has 30 heavy (non-hydrogen) atoms. The molecule has 2 aromatic carbocycles. The number of anilines is 1. The van der Waals surface area contributed by atoms with E-state index < -0.39 is 15.4 Å². The molecule has 7 heteroatoms. The summed E-state index contributed by atoms with van der Waals surface area (Å²) in [6.07, 6.45) is 1.66. The van der Waals surface area contributed by atoms with Crippen molar-refractivity contribution < 1.29 is 8.42 Å². The van der Waals surface area contributed by atoms with Crippen molar-refractivity contribution >= 4 is 15.7 Å². The van der Waals surface area contributed by atoms with E-state index in [1.54, 1.807) is 15.2 Å². The Hall–Kier alpha value is -2.64. The van der Waals surface area contributed by atoms with Gasteiger partial charge >= 0.3 is 0 Å². The van der Waals surface area contributed by atoms with Crippen LogP contribution in [0.15, 0.2) is 71.8 Å². The standard InChI is InChI=1S/C23H28N4O2S/c1-23(2,3)22-21(18-27(24-22)20-12-8-5-9-13-20)30(28,29)26-16-14-25(15-17-26)19-10-6-4-7-11-19/h4-13,18H,14-17H2,1-3H3. The zero-order valence-corrected chi connectivity index (χ0v) is 18.5. The Morgan fingerprint density at radius 2 is 1.33 bits per heavy atom. The summed E-state index contributed by atoms with van der Waals surface area (Å²) in [5.41, 5.74) is 2.17. The molecule has 0 saturated carbocycles. The predicted octanol–water partition coefficient (Wildman–Crippen LogP) is 3.68. The molecule has 0 N–H and O–H groups in total. The fraction of sp³-hybridized carbons (Fsp3) is 0.348. The van der Waals surface area contributed by atoms with Crippen molar-refractivity contribution in [1.82, 2.24) is 14.1 Å². The lowest BCUT2D eigenvalue weighted by Gasteiger charge is -2.35. The molecule has 0 aliphatic carbocycles. The first-order chi connectivity index (χ1) is 14.3. The zero-order chi connectivity index (χ0) is 21.4. The van der Waals surface area contributed by atoms with Gasteiger partial charge in [-0.15, -0.1) is 0 Å². The van der Waals surface area contributed by atoms with Gasteiger partial charge in [-0.2, -0.15) is 9.40 Å². The predicted molar refractivity (Wildman–Crippen MR) is 120 cm³/mol. The van der Waals surface area contributed by atoms with E-state index in [1.165, 1.54) is 0 Å². The lowest BCUT2D eigenvalue weighted by Crippen LogP contribution is -2.48. The van der Waals surface area contributed by atoms with E-state index in [4.69, 9.17) is 0 Å². The molecule has 6 nitrogen and oxygen atoms in total. The fourth-order valence-electron chi connectivity index (χ4n) is 3.74. The highest BCUT2D eigenvalue weighted by Crippen LogP contribution is 2.31. The molecule has 158 valence electrons. The monoisotopic (exact) mass is 424 g/mol. The number of benzene rings is 2. The van der Waals surface area contributed by atoms with Gasteiger partial charge in [-0.1, -0.05) is 57.2 Å². The molecule has 1 aliphatic heterocycles. The van der Waals surface area contributed by atoms with Gasteiger partial charge in [0.2, 0.25) is 10.0 Å². The Balaban J connectivity index is 1.63. The van der Waals surface area contributed by atoms with Crippen LogP contribution in [-0.4, -0.2) is 48.7 Å². The summed E-state index contributed by atoms with van der Waals surface area (Å²) >= 11 is 0. The van der Waals surface area contributed by atoms with Crippen LogP contribution >= 0.6 is 0 Å². The summed E-state index contributed by atoms with van der Waals surface area (Å²) in [4.78, 5) is 2.52. The first kappa shape index (κ1) is 20.6. The van der Waals surface area contributed by atoms with E-state index in [0.717, 1.165) is 11.4 Å². The van der Waals surface area contributed by atoms with Crippen LogP contribution in [0.25, 0.3) is 5.69 Å². The Bertz CT molecular complexity index is 1100. The summed E-state index contributed by atoms with van der Waals surface area (Å²) < 4.78 is 30.5. The molecule has 1 fully saturated rings. The molecule has 1 aromatic heterocycles. The van der Waals surface area contributed by atoms with Gasteiger partial charge in [-0.25, -0.2) is 13.1 Å². The summed E-state index contributed by atoms with van der Waals surface area (Å²) in [6.45, 7) is 8.24. The molecule has 3 aromatic rings. The van der Waals surface area contributed by atoms with Crippen LogP contribution in [0.4, 0.5) is 5.69 Å². The van der Waals surface area contributed by atoms with Crippen molar-refractivity contribution in [3.05, 3.63) is 72.6 Å². The molecule has 1 aliphatic rings. The van der Waals surface area contributed by atoms with Gasteiger partial charge in [0.1, 0.15) is 4.90 Å². The second-order valence-electron chi connectivity index (χ2n) is 8.60. The van der Waals surface area contributed by atoms with Crippen molar-refractivity contribution in [2.24, 2.45) is 0 Å². The molecular formula is C23H28N4O2S. The molecular weight excluding hydrogens is 396 g/mol. The normalized spacial score (nSPS) is 16.0. The fourth-order valence-corrected chi connectivity index (χ4v) is 5.49. The second kappa shape index (κ2) is 7.89. The lowest BCUT2D eigenvalue weighted by atomic mass is 9.92. The van der Waals surface area contributed by atoms with E-state index >= 15 is 0 Å². The Morgan fingerprint density at radius 3 is 1.87 bits per heavy atom. The highest BCUT2D eigenvalue weighted by Gasteiger charge is 2.35. The number of nitrogens with zero attached hydrogens (tertiary/aromatic N) is 4. The Morgan fingerprint density at radius 1 is 0.800 bits per heavy atom. The number of piperazine rings is 1. The van der Waals surface area contributed by atoms with E-state index in [2.05, 4.69) is 22.1 Å². The smallest absolute Gasteiger partial charge is 0.246 e.